The summed E-state index contributed by atoms with van der Waals surface area (Å²) in [5, 5.41) is 35.7. The van der Waals surface area contributed by atoms with Gasteiger partial charge in [-0.2, -0.15) is 0 Å². The van der Waals surface area contributed by atoms with Crippen LogP contribution in [0.4, 0.5) is 0 Å². The van der Waals surface area contributed by atoms with Gasteiger partial charge in [-0.1, -0.05) is 85.7 Å². The van der Waals surface area contributed by atoms with Crippen LogP contribution in [0.3, 0.4) is 0 Å². The van der Waals surface area contributed by atoms with Crippen LogP contribution in [0.15, 0.2) is 48.5 Å². The molecule has 2 aromatic rings. The molecule has 1 aliphatic heterocycles. The lowest BCUT2D eigenvalue weighted by Crippen LogP contribution is -2.60. The van der Waals surface area contributed by atoms with Crippen LogP contribution in [0.5, 0.6) is 0 Å². The maximum absolute atomic E-state index is 14.5. The van der Waals surface area contributed by atoms with Crippen molar-refractivity contribution in [1.29, 1.82) is 0 Å². The molecule has 0 spiro atoms. The average molecular weight is 1020 g/mol. The van der Waals surface area contributed by atoms with Gasteiger partial charge in [0, 0.05) is 42.3 Å². The molecule has 10 N–H and O–H groups in total. The van der Waals surface area contributed by atoms with Crippen LogP contribution >= 0.6 is 0 Å². The minimum atomic E-state index is -1.03. The maximum Gasteiger partial charge on any atom is 0.251 e. The van der Waals surface area contributed by atoms with Crippen molar-refractivity contribution in [2.45, 2.75) is 169 Å². The Bertz CT molecular complexity index is 2250. The lowest BCUT2D eigenvalue weighted by atomic mass is 9.85. The molecule has 1 fully saturated rings. The summed E-state index contributed by atoms with van der Waals surface area (Å²) in [7, 11) is 3.17. The topological polar surface area (TPSA) is 268 Å². The minimum Gasteiger partial charge on any atom is -0.394 e. The number of likely N-dealkylation sites (N-methyl/N-ethyl adjacent to an activating group) is 2. The van der Waals surface area contributed by atoms with Crippen molar-refractivity contribution in [2.75, 3.05) is 33.8 Å². The second kappa shape index (κ2) is 26.9. The molecule has 19 nitrogen and oxygen atoms in total. The Balaban J connectivity index is 1.42. The molecule has 73 heavy (non-hydrogen) atoms. The molecule has 2 aliphatic rings. The van der Waals surface area contributed by atoms with Gasteiger partial charge in [-0.15, -0.1) is 0 Å². The highest BCUT2D eigenvalue weighted by Gasteiger charge is 2.46. The van der Waals surface area contributed by atoms with E-state index in [4.69, 9.17) is 0 Å². The van der Waals surface area contributed by atoms with Gasteiger partial charge >= 0.3 is 0 Å². The molecule has 0 bridgehead atoms. The van der Waals surface area contributed by atoms with Crippen LogP contribution in [0, 0.1) is 16.7 Å². The van der Waals surface area contributed by atoms with Crippen LogP contribution in [-0.2, 0) is 41.6 Å². The van der Waals surface area contributed by atoms with Crippen LogP contribution in [-0.4, -0.2) is 145 Å². The minimum absolute atomic E-state index is 0.0127. The van der Waals surface area contributed by atoms with E-state index in [2.05, 4.69) is 60.0 Å². The molecular weight excluding hydrogens is 933 g/mol. The first-order valence-electron chi connectivity index (χ1n) is 25.8. The zero-order valence-electron chi connectivity index (χ0n) is 45.1. The van der Waals surface area contributed by atoms with Gasteiger partial charge in [-0.05, 0) is 119 Å². The van der Waals surface area contributed by atoms with Crippen molar-refractivity contribution in [2.24, 2.45) is 16.7 Å². The fourth-order valence-electron chi connectivity index (χ4n) is 8.85. The number of nitrogens with one attached hydrogen (secondary N) is 9. The molecule has 1 heterocycles. The molecule has 1 aliphatic carbocycles. The van der Waals surface area contributed by atoms with Gasteiger partial charge in [0.2, 0.25) is 35.4 Å². The largest absolute Gasteiger partial charge is 0.394 e. The summed E-state index contributed by atoms with van der Waals surface area (Å²) in [5.41, 5.74) is 1.37. The van der Waals surface area contributed by atoms with E-state index in [9.17, 15) is 43.5 Å². The fourth-order valence-corrected chi connectivity index (χ4v) is 8.85. The van der Waals surface area contributed by atoms with Crippen molar-refractivity contribution < 1.29 is 43.5 Å². The summed E-state index contributed by atoms with van der Waals surface area (Å²) < 4.78 is 0. The molecule has 19 heteroatoms. The quantitative estimate of drug-likeness (QED) is 0.0719. The van der Waals surface area contributed by atoms with Crippen LogP contribution in [0.1, 0.15) is 133 Å². The average Bonchev–Trinajstić information content (AvgIpc) is 3.77. The number of likely N-dealkylation sites (tertiary alicyclic amines) is 1. The Morgan fingerprint density at radius 1 is 0.671 bits per heavy atom. The van der Waals surface area contributed by atoms with E-state index in [1.807, 2.05) is 53.7 Å². The highest BCUT2D eigenvalue weighted by Crippen LogP contribution is 2.28. The lowest BCUT2D eigenvalue weighted by Gasteiger charge is -2.36. The Kier molecular flexibility index (Phi) is 21.9. The van der Waals surface area contributed by atoms with Crippen LogP contribution in [0.2, 0.25) is 0 Å². The molecule has 404 valence electrons. The summed E-state index contributed by atoms with van der Waals surface area (Å²) in [6, 6.07) is 7.99. The first-order valence-corrected chi connectivity index (χ1v) is 25.8. The second-order valence-electron chi connectivity index (χ2n) is 22.2. The van der Waals surface area contributed by atoms with E-state index >= 15 is 0 Å². The Morgan fingerprint density at radius 3 is 1.89 bits per heavy atom. The number of nitrogens with zero attached hydrogens (tertiary/aromatic N) is 1. The lowest BCUT2D eigenvalue weighted by molar-refractivity contribution is -0.144. The van der Waals surface area contributed by atoms with Gasteiger partial charge in [0.15, 0.2) is 0 Å². The monoisotopic (exact) mass is 1020 g/mol. The van der Waals surface area contributed by atoms with Crippen molar-refractivity contribution in [3.05, 3.63) is 70.8 Å². The van der Waals surface area contributed by atoms with Crippen LogP contribution in [0.25, 0.3) is 0 Å². The standard InChI is InChI=1S/C54H84N10O9/c1-31(2)32(3)58-48(69)40(61-51(72)43(53(5,6)7)62-49(70)41(30-65)56-12)22-15-16-25-57-46(67)36-20-17-21-37(26-36)47(68)60-39-28-42(50(71)59-38-24-23-34-18-13-14-19-35(34)27-38)64(29-39)52(73)44(54(8,9)10)63-45(66)33(4)55-11/h13-14,17-21,26,31-33,38-44,55-56,65H,15-16,22-25,27-30H2,1-12H3,(H,57,67)(H,58,69)(H,59,71)(H,60,68)(H,61,72)(H,62,70)(H,63,66)/t32-,33-,38+,39-,40-,41-,42?,43+,44+/m0/s1. The number of benzene rings is 2. The highest BCUT2D eigenvalue weighted by molar-refractivity contribution is 6.00. The molecule has 9 atom stereocenters. The third kappa shape index (κ3) is 17.1. The third-order valence-corrected chi connectivity index (χ3v) is 14.0. The van der Waals surface area contributed by atoms with Gasteiger partial charge in [0.05, 0.1) is 12.6 Å². The molecule has 0 aromatic heterocycles. The zero-order valence-corrected chi connectivity index (χ0v) is 45.1. The maximum atomic E-state index is 14.5. The predicted molar refractivity (Wildman–Crippen MR) is 280 cm³/mol. The smallest absolute Gasteiger partial charge is 0.251 e. The number of fused-ring (bicyclic) bond motifs is 1. The molecule has 1 unspecified atom stereocenters. The highest BCUT2D eigenvalue weighted by atomic mass is 16.3. The van der Waals surface area contributed by atoms with Crippen molar-refractivity contribution in [3.63, 3.8) is 0 Å². The van der Waals surface area contributed by atoms with Crippen LogP contribution < -0.4 is 47.9 Å². The van der Waals surface area contributed by atoms with Crippen molar-refractivity contribution >= 4 is 47.3 Å². The van der Waals surface area contributed by atoms with Gasteiger partial charge < -0.3 is 57.9 Å². The van der Waals surface area contributed by atoms with Gasteiger partial charge in [0.1, 0.15) is 30.2 Å². The summed E-state index contributed by atoms with van der Waals surface area (Å²) in [6.07, 6.45) is 3.43. The molecule has 2 aromatic carbocycles. The van der Waals surface area contributed by atoms with Crippen molar-refractivity contribution in [1.82, 2.24) is 52.8 Å². The fraction of sp³-hybridized carbons (Fsp3) is 0.630. The molecule has 4 rings (SSSR count). The summed E-state index contributed by atoms with van der Waals surface area (Å²) in [5.74, 6) is -3.44. The van der Waals surface area contributed by atoms with E-state index in [0.717, 1.165) is 18.4 Å². The molecule has 0 radical (unpaired) electrons. The molecule has 0 saturated carbocycles. The first kappa shape index (κ1) is 59.6. The molecule has 1 saturated heterocycles. The summed E-state index contributed by atoms with van der Waals surface area (Å²) >= 11 is 0. The normalized spacial score (nSPS) is 19.2. The first-order chi connectivity index (χ1) is 34.3. The molecule has 8 amide bonds. The summed E-state index contributed by atoms with van der Waals surface area (Å²) in [6.45, 7) is 18.2. The zero-order chi connectivity index (χ0) is 54.4. The number of aryl methyl sites for hydroxylation is 1. The van der Waals surface area contributed by atoms with E-state index in [0.29, 0.717) is 19.3 Å². The predicted octanol–water partition coefficient (Wildman–Crippen LogP) is 1.86. The second-order valence-corrected chi connectivity index (χ2v) is 22.2. The number of carbonyl (C=O) groups is 8. The summed E-state index contributed by atoms with van der Waals surface area (Å²) in [4.78, 5) is 111. The Morgan fingerprint density at radius 2 is 1.29 bits per heavy atom. The van der Waals surface area contributed by atoms with E-state index in [1.54, 1.807) is 52.9 Å². The number of rotatable bonds is 23. The van der Waals surface area contributed by atoms with Crippen molar-refractivity contribution in [3.8, 4) is 0 Å². The number of carbonyl (C=O) groups excluding carboxylic acids is 8. The van der Waals surface area contributed by atoms with E-state index < -0.39 is 89.3 Å². The SMILES string of the molecule is CN[C@@H](C)C(=O)N[C@H](C(=O)N1C[C@@H](NC(=O)c2cccc(C(=O)NCCCC[C@H](NC(=O)[C@@H](NC(=O)[C@H](CO)NC)C(C)(C)C)C(=O)N[C@@H](C)C(C)C)c2)CC1C(=O)N[C@@H]1CCc2ccccc2C1)C(C)(C)C. The van der Waals surface area contributed by atoms with E-state index in [-0.39, 0.29) is 72.8 Å². The number of aliphatic hydroxyl groups is 1. The number of unbranched alkanes of at least 4 members (excludes halogenated alkanes) is 1. The Hall–Kier alpha value is -5.92. The number of aliphatic hydroxyl groups excluding tert-OH is 1. The van der Waals surface area contributed by atoms with Gasteiger partial charge in [0.25, 0.3) is 11.8 Å². The van der Waals surface area contributed by atoms with Gasteiger partial charge in [-0.3, -0.25) is 38.4 Å². The van der Waals surface area contributed by atoms with E-state index in [1.165, 1.54) is 23.6 Å². The third-order valence-electron chi connectivity index (χ3n) is 14.0. The number of hydrogen-bond donors (Lipinski definition) is 10. The number of hydrogen-bond acceptors (Lipinski definition) is 11. The van der Waals surface area contributed by atoms with Gasteiger partial charge in [-0.25, -0.2) is 0 Å². The molecular formula is C54H84N10O9. The number of amides is 8. The Labute approximate surface area is 432 Å².